The van der Waals surface area contributed by atoms with Gasteiger partial charge in [0.2, 0.25) is 15.9 Å². The van der Waals surface area contributed by atoms with Gasteiger partial charge in [-0.05, 0) is 25.3 Å². The van der Waals surface area contributed by atoms with Gasteiger partial charge in [-0.25, -0.2) is 31.3 Å². The molecule has 4 bridgehead atoms. The highest BCUT2D eigenvalue weighted by Gasteiger charge is 2.70. The SMILES string of the molecule is CS(=O)(=O)NC(=O)c1cnc(OCC23CC4(F)CC(F)(CC(F)(C4)C2)C3)c(Cl)c1. The summed E-state index contributed by atoms with van der Waals surface area (Å²) in [5.74, 6) is -0.986. The molecule has 1 heterocycles. The Morgan fingerprint density at radius 2 is 1.66 bits per heavy atom. The standard InChI is InChI=1S/C18H20ClF3N2O4S/c1-29(26,27)24-13(25)11-2-12(19)14(23-3-11)28-10-15-4-16(20)7-17(21,5-15)9-18(22,6-15)8-16/h2-3H,4-10H2,1H3,(H,24,25). The lowest BCUT2D eigenvalue weighted by Crippen LogP contribution is -2.66. The molecule has 1 N–H and O–H groups in total. The molecule has 1 amide bonds. The van der Waals surface area contributed by atoms with Gasteiger partial charge in [0.05, 0.1) is 18.4 Å². The van der Waals surface area contributed by atoms with Gasteiger partial charge in [-0.2, -0.15) is 0 Å². The number of hydrogen-bond acceptors (Lipinski definition) is 5. The van der Waals surface area contributed by atoms with Crippen molar-refractivity contribution in [3.8, 4) is 5.88 Å². The van der Waals surface area contributed by atoms with Gasteiger partial charge in [-0.1, -0.05) is 11.6 Å². The normalized spacial score (nSPS) is 38.1. The van der Waals surface area contributed by atoms with E-state index < -0.39 is 38.4 Å². The highest BCUT2D eigenvalue weighted by Crippen LogP contribution is 2.68. The number of amides is 1. The quantitative estimate of drug-likeness (QED) is 0.741. The molecule has 11 heteroatoms. The number of nitrogens with zero attached hydrogens (tertiary/aromatic N) is 1. The number of alkyl halides is 3. The number of ether oxygens (including phenoxy) is 1. The number of hydrogen-bond donors (Lipinski definition) is 1. The van der Waals surface area contributed by atoms with E-state index in [0.717, 1.165) is 12.5 Å². The van der Waals surface area contributed by atoms with Crippen LogP contribution in [0.5, 0.6) is 5.88 Å². The van der Waals surface area contributed by atoms with Gasteiger partial charge < -0.3 is 4.74 Å². The van der Waals surface area contributed by atoms with Crippen LogP contribution in [0.1, 0.15) is 48.9 Å². The average molecular weight is 453 g/mol. The van der Waals surface area contributed by atoms with E-state index in [4.69, 9.17) is 16.3 Å². The van der Waals surface area contributed by atoms with Crippen LogP contribution in [0.2, 0.25) is 5.02 Å². The summed E-state index contributed by atoms with van der Waals surface area (Å²) in [6.45, 7) is -0.155. The van der Waals surface area contributed by atoms with Gasteiger partial charge in [0.1, 0.15) is 22.0 Å². The van der Waals surface area contributed by atoms with Gasteiger partial charge in [-0.3, -0.25) is 4.79 Å². The molecule has 5 rings (SSSR count). The molecule has 4 aliphatic carbocycles. The Morgan fingerprint density at radius 1 is 1.14 bits per heavy atom. The van der Waals surface area contributed by atoms with Crippen LogP contribution in [0.3, 0.4) is 0 Å². The zero-order chi connectivity index (χ0) is 21.3. The first-order chi connectivity index (χ1) is 13.2. The molecular formula is C18H20ClF3N2O4S. The molecular weight excluding hydrogens is 433 g/mol. The summed E-state index contributed by atoms with van der Waals surface area (Å²) in [5.41, 5.74) is -6.74. The van der Waals surface area contributed by atoms with Gasteiger partial charge in [0.25, 0.3) is 5.91 Å². The van der Waals surface area contributed by atoms with Crippen molar-refractivity contribution in [2.24, 2.45) is 5.41 Å². The van der Waals surface area contributed by atoms with Crippen molar-refractivity contribution >= 4 is 27.5 Å². The molecule has 1 aromatic rings. The van der Waals surface area contributed by atoms with E-state index in [1.54, 1.807) is 4.72 Å². The van der Waals surface area contributed by atoms with Crippen LogP contribution < -0.4 is 9.46 Å². The minimum atomic E-state index is -3.76. The van der Waals surface area contributed by atoms with E-state index in [1.807, 2.05) is 0 Å². The summed E-state index contributed by atoms with van der Waals surface area (Å²) in [7, 11) is -3.76. The first-order valence-corrected chi connectivity index (χ1v) is 11.4. The number of rotatable bonds is 5. The van der Waals surface area contributed by atoms with Crippen LogP contribution in [0.15, 0.2) is 12.3 Å². The van der Waals surface area contributed by atoms with Crippen molar-refractivity contribution in [3.05, 3.63) is 22.8 Å². The third-order valence-electron chi connectivity index (χ3n) is 5.84. The van der Waals surface area contributed by atoms with E-state index in [-0.39, 0.29) is 61.6 Å². The van der Waals surface area contributed by atoms with Crippen LogP contribution in [-0.2, 0) is 10.0 Å². The fraction of sp³-hybridized carbons (Fsp3) is 0.667. The fourth-order valence-electron chi connectivity index (χ4n) is 5.73. The fourth-order valence-corrected chi connectivity index (χ4v) is 6.40. The summed E-state index contributed by atoms with van der Waals surface area (Å²) < 4.78 is 74.8. The van der Waals surface area contributed by atoms with Gasteiger partial charge >= 0.3 is 0 Å². The van der Waals surface area contributed by atoms with E-state index in [0.29, 0.717) is 0 Å². The molecule has 0 atom stereocenters. The number of pyridine rings is 1. The molecule has 0 radical (unpaired) electrons. The molecule has 0 unspecified atom stereocenters. The van der Waals surface area contributed by atoms with Crippen molar-refractivity contribution in [2.45, 2.75) is 55.5 Å². The maximum absolute atomic E-state index is 15.0. The van der Waals surface area contributed by atoms with Crippen molar-refractivity contribution < 1.29 is 31.1 Å². The second-order valence-electron chi connectivity index (χ2n) is 9.02. The summed E-state index contributed by atoms with van der Waals surface area (Å²) in [6, 6.07) is 1.17. The molecule has 29 heavy (non-hydrogen) atoms. The largest absolute Gasteiger partial charge is 0.476 e. The number of nitrogens with one attached hydrogen (secondary N) is 1. The lowest BCUT2D eigenvalue weighted by Gasteiger charge is -2.62. The van der Waals surface area contributed by atoms with Crippen LogP contribution >= 0.6 is 11.6 Å². The Balaban J connectivity index is 1.50. The van der Waals surface area contributed by atoms with E-state index >= 15 is 13.2 Å². The number of carbonyl (C=O) groups is 1. The zero-order valence-corrected chi connectivity index (χ0v) is 17.2. The first kappa shape index (κ1) is 20.7. The number of carbonyl (C=O) groups excluding carboxylic acids is 1. The predicted molar refractivity (Wildman–Crippen MR) is 98.7 cm³/mol. The lowest BCUT2D eigenvalue weighted by molar-refractivity contribution is -0.223. The smallest absolute Gasteiger partial charge is 0.266 e. The molecule has 0 saturated heterocycles. The highest BCUT2D eigenvalue weighted by molar-refractivity contribution is 7.89. The Kier molecular flexibility index (Phi) is 4.45. The summed E-state index contributed by atoms with van der Waals surface area (Å²) in [6.07, 6.45) is 1.11. The monoisotopic (exact) mass is 452 g/mol. The van der Waals surface area contributed by atoms with Crippen LogP contribution in [-0.4, -0.2) is 49.2 Å². The second-order valence-corrected chi connectivity index (χ2v) is 11.2. The third kappa shape index (κ3) is 4.05. The Bertz CT molecular complexity index is 936. The van der Waals surface area contributed by atoms with Gasteiger partial charge in [0.15, 0.2) is 0 Å². The molecule has 4 aliphatic rings. The highest BCUT2D eigenvalue weighted by atomic mass is 35.5. The molecule has 0 spiro atoms. The van der Waals surface area contributed by atoms with Crippen molar-refractivity contribution in [1.29, 1.82) is 0 Å². The molecule has 1 aromatic heterocycles. The van der Waals surface area contributed by atoms with E-state index in [9.17, 15) is 13.2 Å². The maximum Gasteiger partial charge on any atom is 0.266 e. The van der Waals surface area contributed by atoms with Crippen molar-refractivity contribution in [2.75, 3.05) is 12.9 Å². The molecule has 4 saturated carbocycles. The average Bonchev–Trinajstić information content (AvgIpc) is 2.47. The zero-order valence-electron chi connectivity index (χ0n) is 15.6. The molecule has 6 nitrogen and oxygen atoms in total. The number of halogens is 4. The summed E-state index contributed by atoms with van der Waals surface area (Å²) in [5, 5.41) is -0.0734. The predicted octanol–water partition coefficient (Wildman–Crippen LogP) is 3.30. The Labute approximate surface area is 171 Å². The van der Waals surface area contributed by atoms with Crippen molar-refractivity contribution in [1.82, 2.24) is 9.71 Å². The molecule has 0 aromatic carbocycles. The molecule has 160 valence electrons. The topological polar surface area (TPSA) is 85.4 Å². The summed E-state index contributed by atoms with van der Waals surface area (Å²) in [4.78, 5) is 15.8. The van der Waals surface area contributed by atoms with E-state index in [2.05, 4.69) is 4.98 Å². The number of aromatic nitrogens is 1. The van der Waals surface area contributed by atoms with E-state index in [1.165, 1.54) is 6.07 Å². The summed E-state index contributed by atoms with van der Waals surface area (Å²) >= 11 is 6.07. The van der Waals surface area contributed by atoms with Crippen LogP contribution in [0, 0.1) is 5.41 Å². The minimum Gasteiger partial charge on any atom is -0.476 e. The lowest BCUT2D eigenvalue weighted by atomic mass is 9.46. The van der Waals surface area contributed by atoms with Crippen molar-refractivity contribution in [3.63, 3.8) is 0 Å². The van der Waals surface area contributed by atoms with Crippen LogP contribution in [0.4, 0.5) is 13.2 Å². The number of sulfonamides is 1. The third-order valence-corrected chi connectivity index (χ3v) is 6.67. The minimum absolute atomic E-state index is 0.0177. The maximum atomic E-state index is 15.0. The van der Waals surface area contributed by atoms with Gasteiger partial charge in [-0.15, -0.1) is 0 Å². The van der Waals surface area contributed by atoms with Crippen LogP contribution in [0.25, 0.3) is 0 Å². The second kappa shape index (κ2) is 6.23. The van der Waals surface area contributed by atoms with Gasteiger partial charge in [0, 0.05) is 30.9 Å². The Morgan fingerprint density at radius 3 is 2.10 bits per heavy atom. The Hall–Kier alpha value is -1.55. The molecule has 0 aliphatic heterocycles. The first-order valence-electron chi connectivity index (χ1n) is 9.09. The molecule has 4 fully saturated rings.